The van der Waals surface area contributed by atoms with Crippen LogP contribution >= 0.6 is 12.2 Å². The fourth-order valence-corrected chi connectivity index (χ4v) is 0.885. The van der Waals surface area contributed by atoms with Crippen molar-refractivity contribution in [1.29, 1.82) is 0 Å². The molecule has 0 saturated heterocycles. The van der Waals surface area contributed by atoms with Crippen molar-refractivity contribution in [3.63, 3.8) is 0 Å². The van der Waals surface area contributed by atoms with Gasteiger partial charge in [0.1, 0.15) is 0 Å². The third kappa shape index (κ3) is 3.66. The van der Waals surface area contributed by atoms with Crippen molar-refractivity contribution < 1.29 is 0 Å². The van der Waals surface area contributed by atoms with Crippen LogP contribution in [0.2, 0.25) is 0 Å². The van der Waals surface area contributed by atoms with Gasteiger partial charge in [0.05, 0.1) is 6.20 Å². The van der Waals surface area contributed by atoms with E-state index in [2.05, 4.69) is 26.1 Å². The van der Waals surface area contributed by atoms with Crippen LogP contribution in [0.15, 0.2) is 18.6 Å². The number of aromatic nitrogens is 2. The number of nitrogens with zero attached hydrogens (tertiary/aromatic N) is 2. The van der Waals surface area contributed by atoms with Gasteiger partial charge in [0, 0.05) is 18.9 Å². The summed E-state index contributed by atoms with van der Waals surface area (Å²) in [6.45, 7) is 2.75. The lowest BCUT2D eigenvalue weighted by Crippen LogP contribution is -2.38. The minimum Gasteiger partial charge on any atom is -0.362 e. The van der Waals surface area contributed by atoms with Gasteiger partial charge in [0.2, 0.25) is 0 Å². The van der Waals surface area contributed by atoms with E-state index in [-0.39, 0.29) is 0 Å². The molecule has 13 heavy (non-hydrogen) atoms. The lowest BCUT2D eigenvalue weighted by Gasteiger charge is -2.09. The van der Waals surface area contributed by atoms with E-state index in [0.717, 1.165) is 6.54 Å². The van der Waals surface area contributed by atoms with Gasteiger partial charge in [-0.1, -0.05) is 0 Å². The lowest BCUT2D eigenvalue weighted by molar-refractivity contribution is 0.922. The van der Waals surface area contributed by atoms with Crippen molar-refractivity contribution in [3.8, 4) is 0 Å². The topological polar surface area (TPSA) is 61.9 Å². The molecule has 0 amide bonds. The molecule has 0 aliphatic heterocycles. The van der Waals surface area contributed by atoms with Crippen LogP contribution < -0.4 is 16.2 Å². The average molecular weight is 197 g/mol. The molecule has 0 radical (unpaired) electrons. The molecule has 1 aromatic rings. The Morgan fingerprint density at radius 2 is 2.38 bits per heavy atom. The normalized spacial score (nSPS) is 9.00. The third-order valence-corrected chi connectivity index (χ3v) is 1.45. The van der Waals surface area contributed by atoms with E-state index in [1.54, 1.807) is 18.6 Å². The molecule has 5 nitrogen and oxygen atoms in total. The largest absolute Gasteiger partial charge is 0.362 e. The molecule has 0 fully saturated rings. The summed E-state index contributed by atoms with van der Waals surface area (Å²) in [7, 11) is 0. The molecule has 0 aliphatic rings. The first-order chi connectivity index (χ1) is 6.33. The predicted molar refractivity (Wildman–Crippen MR) is 55.1 cm³/mol. The number of anilines is 1. The lowest BCUT2D eigenvalue weighted by atomic mass is 10.7. The Balaban J connectivity index is 2.31. The molecule has 0 aliphatic carbocycles. The van der Waals surface area contributed by atoms with Gasteiger partial charge >= 0.3 is 0 Å². The Morgan fingerprint density at radius 1 is 1.54 bits per heavy atom. The van der Waals surface area contributed by atoms with Crippen LogP contribution in [0.25, 0.3) is 0 Å². The van der Waals surface area contributed by atoms with Gasteiger partial charge in [-0.3, -0.25) is 15.8 Å². The number of hydrogen-bond donors (Lipinski definition) is 3. The van der Waals surface area contributed by atoms with Gasteiger partial charge in [-0.05, 0) is 19.1 Å². The first kappa shape index (κ1) is 9.66. The fourth-order valence-electron chi connectivity index (χ4n) is 0.689. The van der Waals surface area contributed by atoms with Gasteiger partial charge in [-0.15, -0.1) is 0 Å². The smallest absolute Gasteiger partial charge is 0.185 e. The Morgan fingerprint density at radius 3 is 3.00 bits per heavy atom. The van der Waals surface area contributed by atoms with E-state index in [1.165, 1.54) is 0 Å². The first-order valence-corrected chi connectivity index (χ1v) is 4.29. The van der Waals surface area contributed by atoms with Crippen LogP contribution in [0.5, 0.6) is 0 Å². The van der Waals surface area contributed by atoms with E-state index < -0.39 is 0 Å². The Bertz CT molecular complexity index is 263. The molecular formula is C7H11N5S. The summed E-state index contributed by atoms with van der Waals surface area (Å²) in [5.41, 5.74) is 5.57. The third-order valence-electron chi connectivity index (χ3n) is 1.20. The molecule has 0 unspecified atom stereocenters. The number of rotatable bonds is 3. The highest BCUT2D eigenvalue weighted by Gasteiger charge is 1.92. The van der Waals surface area contributed by atoms with Gasteiger partial charge in [-0.25, -0.2) is 4.98 Å². The Hall–Kier alpha value is -1.43. The highest BCUT2D eigenvalue weighted by molar-refractivity contribution is 7.80. The first-order valence-electron chi connectivity index (χ1n) is 3.88. The summed E-state index contributed by atoms with van der Waals surface area (Å²) in [6, 6.07) is 0. The van der Waals surface area contributed by atoms with Crippen LogP contribution in [0, 0.1) is 0 Å². The number of hydrazine groups is 1. The van der Waals surface area contributed by atoms with E-state index in [0.29, 0.717) is 10.9 Å². The summed E-state index contributed by atoms with van der Waals surface area (Å²) in [5.74, 6) is 0.628. The summed E-state index contributed by atoms with van der Waals surface area (Å²) >= 11 is 4.92. The van der Waals surface area contributed by atoms with Crippen molar-refractivity contribution in [2.45, 2.75) is 6.92 Å². The summed E-state index contributed by atoms with van der Waals surface area (Å²) in [5, 5.41) is 3.46. The maximum atomic E-state index is 4.92. The molecule has 0 bridgehead atoms. The Labute approximate surface area is 81.9 Å². The zero-order valence-electron chi connectivity index (χ0n) is 7.24. The second-order valence-corrected chi connectivity index (χ2v) is 2.61. The quantitative estimate of drug-likeness (QED) is 0.478. The molecule has 0 atom stereocenters. The van der Waals surface area contributed by atoms with Crippen LogP contribution in [-0.4, -0.2) is 21.6 Å². The Kier molecular flexibility index (Phi) is 3.90. The molecule has 1 heterocycles. The van der Waals surface area contributed by atoms with E-state index >= 15 is 0 Å². The molecule has 3 N–H and O–H groups in total. The second-order valence-electron chi connectivity index (χ2n) is 2.20. The molecule has 70 valence electrons. The molecule has 1 rings (SSSR count). The molecular weight excluding hydrogens is 186 g/mol. The highest BCUT2D eigenvalue weighted by atomic mass is 32.1. The van der Waals surface area contributed by atoms with Crippen LogP contribution in [0.1, 0.15) is 6.92 Å². The minimum atomic E-state index is 0.535. The van der Waals surface area contributed by atoms with Crippen molar-refractivity contribution >= 4 is 23.1 Å². The summed E-state index contributed by atoms with van der Waals surface area (Å²) in [4.78, 5) is 7.87. The van der Waals surface area contributed by atoms with Gasteiger partial charge in [-0.2, -0.15) is 0 Å². The van der Waals surface area contributed by atoms with E-state index in [9.17, 15) is 0 Å². The monoisotopic (exact) mass is 197 g/mol. The molecule has 1 aromatic heterocycles. The average Bonchev–Trinajstić information content (AvgIpc) is 2.17. The predicted octanol–water partition coefficient (Wildman–Crippen LogP) is 0.287. The van der Waals surface area contributed by atoms with Crippen LogP contribution in [0.3, 0.4) is 0 Å². The minimum absolute atomic E-state index is 0.535. The number of hydrogen-bond acceptors (Lipinski definition) is 4. The molecule has 0 aromatic carbocycles. The van der Waals surface area contributed by atoms with Crippen molar-refractivity contribution in [2.75, 3.05) is 12.0 Å². The van der Waals surface area contributed by atoms with Gasteiger partial charge < -0.3 is 5.32 Å². The highest BCUT2D eigenvalue weighted by Crippen LogP contribution is 1.92. The summed E-state index contributed by atoms with van der Waals surface area (Å²) in [6.07, 6.45) is 4.80. The number of thiocarbonyl (C=S) groups is 1. The van der Waals surface area contributed by atoms with Crippen LogP contribution in [-0.2, 0) is 0 Å². The summed E-state index contributed by atoms with van der Waals surface area (Å²) < 4.78 is 0. The zero-order chi connectivity index (χ0) is 9.52. The maximum absolute atomic E-state index is 4.92. The maximum Gasteiger partial charge on any atom is 0.185 e. The SMILES string of the molecule is CCNC(=S)NNc1cnccn1. The van der Waals surface area contributed by atoms with Crippen molar-refractivity contribution in [1.82, 2.24) is 20.7 Å². The fraction of sp³-hybridized carbons (Fsp3) is 0.286. The standard InChI is InChI=1S/C7H11N5S/c1-2-9-7(13)12-11-6-5-8-3-4-10-6/h3-5H,2H2,1H3,(H,10,11)(H2,9,12,13). The van der Waals surface area contributed by atoms with Crippen LogP contribution in [0.4, 0.5) is 5.82 Å². The number of nitrogens with one attached hydrogen (secondary N) is 3. The van der Waals surface area contributed by atoms with Crippen molar-refractivity contribution in [2.24, 2.45) is 0 Å². The van der Waals surface area contributed by atoms with E-state index in [4.69, 9.17) is 12.2 Å². The molecule has 6 heteroatoms. The second kappa shape index (κ2) is 5.26. The molecule has 0 spiro atoms. The van der Waals surface area contributed by atoms with Gasteiger partial charge in [0.15, 0.2) is 10.9 Å². The van der Waals surface area contributed by atoms with Crippen molar-refractivity contribution in [3.05, 3.63) is 18.6 Å². The van der Waals surface area contributed by atoms with E-state index in [1.807, 2.05) is 6.92 Å². The molecule has 0 saturated carbocycles. The van der Waals surface area contributed by atoms with Gasteiger partial charge in [0.25, 0.3) is 0 Å². The zero-order valence-corrected chi connectivity index (χ0v) is 8.06.